The molecule has 0 heterocycles. The van der Waals surface area contributed by atoms with Crippen molar-refractivity contribution in [2.24, 2.45) is 10.8 Å². The molecular formula is C24H38O. The van der Waals surface area contributed by atoms with E-state index < -0.39 is 0 Å². The molecule has 0 aliphatic heterocycles. The SMILES string of the molecule is CC1(CCCCCc2cccc(O)c2CCCCCC2(C)CC2)CC1. The van der Waals surface area contributed by atoms with Crippen molar-refractivity contribution < 1.29 is 5.11 Å². The molecule has 0 bridgehead atoms. The summed E-state index contributed by atoms with van der Waals surface area (Å²) in [4.78, 5) is 0. The summed E-state index contributed by atoms with van der Waals surface area (Å²) in [6.07, 6.45) is 18.7. The summed E-state index contributed by atoms with van der Waals surface area (Å²) in [5, 5.41) is 10.3. The Morgan fingerprint density at radius 3 is 1.88 bits per heavy atom. The summed E-state index contributed by atoms with van der Waals surface area (Å²) in [5.74, 6) is 0.525. The van der Waals surface area contributed by atoms with Gasteiger partial charge in [0.05, 0.1) is 0 Å². The number of aromatic hydroxyl groups is 1. The lowest BCUT2D eigenvalue weighted by atomic mass is 9.94. The first-order valence-electron chi connectivity index (χ1n) is 10.8. The van der Waals surface area contributed by atoms with Crippen LogP contribution in [0, 0.1) is 10.8 Å². The molecule has 1 aromatic rings. The second-order valence-corrected chi connectivity index (χ2v) is 9.66. The van der Waals surface area contributed by atoms with Crippen LogP contribution in [0.4, 0.5) is 0 Å². The van der Waals surface area contributed by atoms with Gasteiger partial charge in [-0.15, -0.1) is 0 Å². The molecule has 3 rings (SSSR count). The molecule has 2 saturated carbocycles. The Hall–Kier alpha value is -0.980. The molecule has 25 heavy (non-hydrogen) atoms. The molecule has 0 saturated heterocycles. The summed E-state index contributed by atoms with van der Waals surface area (Å²) in [6.45, 7) is 4.86. The highest BCUT2D eigenvalue weighted by Crippen LogP contribution is 2.49. The smallest absolute Gasteiger partial charge is 0.119 e. The van der Waals surface area contributed by atoms with Crippen molar-refractivity contribution in [3.8, 4) is 5.75 Å². The fraction of sp³-hybridized carbons (Fsp3) is 0.750. The van der Waals surface area contributed by atoms with Crippen LogP contribution >= 0.6 is 0 Å². The van der Waals surface area contributed by atoms with Gasteiger partial charge in [0.25, 0.3) is 0 Å². The Bertz CT molecular complexity index is 551. The molecular weight excluding hydrogens is 304 g/mol. The monoisotopic (exact) mass is 342 g/mol. The minimum absolute atomic E-state index is 0.525. The normalized spacial score (nSPS) is 19.8. The fourth-order valence-electron chi connectivity index (χ4n) is 4.15. The van der Waals surface area contributed by atoms with E-state index in [9.17, 15) is 5.11 Å². The van der Waals surface area contributed by atoms with E-state index in [0.29, 0.717) is 16.6 Å². The third-order valence-corrected chi connectivity index (χ3v) is 6.89. The summed E-state index contributed by atoms with van der Waals surface area (Å²) < 4.78 is 0. The first-order valence-corrected chi connectivity index (χ1v) is 10.8. The van der Waals surface area contributed by atoms with E-state index in [-0.39, 0.29) is 0 Å². The van der Waals surface area contributed by atoms with Crippen LogP contribution in [-0.4, -0.2) is 5.11 Å². The van der Waals surface area contributed by atoms with Crippen molar-refractivity contribution >= 4 is 0 Å². The standard InChI is InChI=1S/C24H38O/c1-23(16-17-23)14-7-3-5-10-20-11-9-13-22(25)21(20)12-6-4-8-15-24(2)18-19-24/h9,11,13,25H,3-8,10,12,14-19H2,1-2H3. The van der Waals surface area contributed by atoms with Crippen molar-refractivity contribution in [2.75, 3.05) is 0 Å². The quantitative estimate of drug-likeness (QED) is 0.398. The minimum Gasteiger partial charge on any atom is -0.508 e. The molecule has 1 heteroatoms. The molecule has 0 atom stereocenters. The van der Waals surface area contributed by atoms with Gasteiger partial charge in [-0.05, 0) is 92.2 Å². The second kappa shape index (κ2) is 8.14. The maximum absolute atomic E-state index is 10.3. The van der Waals surface area contributed by atoms with Gasteiger partial charge >= 0.3 is 0 Å². The van der Waals surface area contributed by atoms with Crippen molar-refractivity contribution in [3.05, 3.63) is 29.3 Å². The van der Waals surface area contributed by atoms with E-state index in [4.69, 9.17) is 0 Å². The first-order chi connectivity index (χ1) is 12.0. The van der Waals surface area contributed by atoms with Gasteiger partial charge in [0.2, 0.25) is 0 Å². The van der Waals surface area contributed by atoms with Gasteiger partial charge in [-0.1, -0.05) is 51.7 Å². The van der Waals surface area contributed by atoms with Gasteiger partial charge < -0.3 is 5.11 Å². The Balaban J connectivity index is 1.37. The van der Waals surface area contributed by atoms with E-state index in [1.165, 1.54) is 88.2 Å². The maximum Gasteiger partial charge on any atom is 0.119 e. The molecule has 2 aliphatic rings. The van der Waals surface area contributed by atoms with Crippen LogP contribution in [0.25, 0.3) is 0 Å². The number of aryl methyl sites for hydroxylation is 1. The van der Waals surface area contributed by atoms with Crippen LogP contribution in [0.15, 0.2) is 18.2 Å². The zero-order chi connectivity index (χ0) is 17.8. The number of phenolic OH excluding ortho intramolecular Hbond substituents is 1. The highest BCUT2D eigenvalue weighted by Gasteiger charge is 2.36. The predicted octanol–water partition coefficient (Wildman–Crippen LogP) is 7.20. The Kier molecular flexibility index (Phi) is 6.12. The maximum atomic E-state index is 10.3. The van der Waals surface area contributed by atoms with E-state index in [2.05, 4.69) is 19.9 Å². The number of hydrogen-bond donors (Lipinski definition) is 1. The summed E-state index contributed by atoms with van der Waals surface area (Å²) in [6, 6.07) is 6.13. The van der Waals surface area contributed by atoms with Crippen molar-refractivity contribution in [2.45, 2.75) is 104 Å². The van der Waals surface area contributed by atoms with Crippen LogP contribution in [0.3, 0.4) is 0 Å². The van der Waals surface area contributed by atoms with Crippen LogP contribution in [0.2, 0.25) is 0 Å². The molecule has 1 nitrogen and oxygen atoms in total. The molecule has 1 aromatic carbocycles. The third-order valence-electron chi connectivity index (χ3n) is 6.89. The van der Waals surface area contributed by atoms with Gasteiger partial charge in [0.1, 0.15) is 5.75 Å². The van der Waals surface area contributed by atoms with Crippen molar-refractivity contribution in [1.29, 1.82) is 0 Å². The van der Waals surface area contributed by atoms with Gasteiger partial charge in [-0.25, -0.2) is 0 Å². The topological polar surface area (TPSA) is 20.2 Å². The summed E-state index contributed by atoms with van der Waals surface area (Å²) >= 11 is 0. The van der Waals surface area contributed by atoms with E-state index in [1.54, 1.807) is 0 Å². The Morgan fingerprint density at radius 1 is 0.760 bits per heavy atom. The summed E-state index contributed by atoms with van der Waals surface area (Å²) in [5.41, 5.74) is 4.02. The number of unbranched alkanes of at least 4 members (excludes halogenated alkanes) is 4. The zero-order valence-electron chi connectivity index (χ0n) is 16.6. The molecule has 0 unspecified atom stereocenters. The molecule has 2 fully saturated rings. The Morgan fingerprint density at radius 2 is 1.32 bits per heavy atom. The highest BCUT2D eigenvalue weighted by atomic mass is 16.3. The molecule has 0 spiro atoms. The predicted molar refractivity (Wildman–Crippen MR) is 107 cm³/mol. The van der Waals surface area contributed by atoms with Gasteiger partial charge in [-0.2, -0.15) is 0 Å². The number of phenols is 1. The van der Waals surface area contributed by atoms with Gasteiger partial charge in [0.15, 0.2) is 0 Å². The van der Waals surface area contributed by atoms with Crippen LogP contribution in [0.5, 0.6) is 5.75 Å². The first kappa shape index (κ1) is 18.8. The van der Waals surface area contributed by atoms with Gasteiger partial charge in [-0.3, -0.25) is 0 Å². The van der Waals surface area contributed by atoms with Gasteiger partial charge in [0, 0.05) is 0 Å². The van der Waals surface area contributed by atoms with Crippen molar-refractivity contribution in [1.82, 2.24) is 0 Å². The lowest BCUT2D eigenvalue weighted by Gasteiger charge is -2.13. The largest absolute Gasteiger partial charge is 0.508 e. The van der Waals surface area contributed by atoms with E-state index >= 15 is 0 Å². The van der Waals surface area contributed by atoms with E-state index in [1.807, 2.05) is 12.1 Å². The van der Waals surface area contributed by atoms with Crippen LogP contribution in [0.1, 0.15) is 102 Å². The van der Waals surface area contributed by atoms with Crippen molar-refractivity contribution in [3.63, 3.8) is 0 Å². The second-order valence-electron chi connectivity index (χ2n) is 9.66. The fourth-order valence-corrected chi connectivity index (χ4v) is 4.15. The highest BCUT2D eigenvalue weighted by molar-refractivity contribution is 5.39. The zero-order valence-corrected chi connectivity index (χ0v) is 16.6. The number of benzene rings is 1. The summed E-state index contributed by atoms with van der Waals surface area (Å²) in [7, 11) is 0. The average molecular weight is 343 g/mol. The molecule has 2 aliphatic carbocycles. The third kappa shape index (κ3) is 6.04. The van der Waals surface area contributed by atoms with E-state index in [0.717, 1.165) is 12.8 Å². The average Bonchev–Trinajstić information content (AvgIpc) is 3.49. The lowest BCUT2D eigenvalue weighted by molar-refractivity contribution is 0.457. The number of rotatable bonds is 12. The lowest BCUT2D eigenvalue weighted by Crippen LogP contribution is -1.98. The molecule has 1 N–H and O–H groups in total. The molecule has 0 aromatic heterocycles. The molecule has 0 radical (unpaired) electrons. The van der Waals surface area contributed by atoms with Crippen LogP contribution in [-0.2, 0) is 12.8 Å². The number of hydrogen-bond acceptors (Lipinski definition) is 1. The Labute approximate surface area is 155 Å². The minimum atomic E-state index is 0.525. The molecule has 0 amide bonds. The van der Waals surface area contributed by atoms with Crippen LogP contribution < -0.4 is 0 Å². The molecule has 140 valence electrons.